The molecule has 1 aliphatic rings. The van der Waals surface area contributed by atoms with Crippen LogP contribution in [0.2, 0.25) is 0 Å². The van der Waals surface area contributed by atoms with Crippen molar-refractivity contribution in [2.75, 3.05) is 18.4 Å². The van der Waals surface area contributed by atoms with Crippen molar-refractivity contribution < 1.29 is 9.32 Å². The fourth-order valence-electron chi connectivity index (χ4n) is 2.89. The molecular formula is C19H26ClN3O2. The molecule has 0 spiro atoms. The SMILES string of the molecule is CC(C)(C)c1cc(NC(=O)c2ccc(CC3CCNC3)cc2)no1.Cl. The first-order valence-electron chi connectivity index (χ1n) is 8.50. The summed E-state index contributed by atoms with van der Waals surface area (Å²) >= 11 is 0. The van der Waals surface area contributed by atoms with E-state index in [-0.39, 0.29) is 23.7 Å². The summed E-state index contributed by atoms with van der Waals surface area (Å²) < 4.78 is 5.29. The number of aromatic nitrogens is 1. The number of nitrogens with zero attached hydrogens (tertiary/aromatic N) is 1. The van der Waals surface area contributed by atoms with Gasteiger partial charge in [0, 0.05) is 17.0 Å². The molecule has 2 aromatic rings. The normalized spacial score (nSPS) is 17.2. The van der Waals surface area contributed by atoms with E-state index in [1.807, 2.05) is 45.0 Å². The van der Waals surface area contributed by atoms with Crippen molar-refractivity contribution in [2.24, 2.45) is 5.92 Å². The zero-order chi connectivity index (χ0) is 17.2. The van der Waals surface area contributed by atoms with Gasteiger partial charge in [0.15, 0.2) is 5.82 Å². The van der Waals surface area contributed by atoms with E-state index in [0.29, 0.717) is 17.3 Å². The van der Waals surface area contributed by atoms with E-state index < -0.39 is 0 Å². The highest BCUT2D eigenvalue weighted by atomic mass is 35.5. The molecule has 1 aromatic carbocycles. The number of benzene rings is 1. The van der Waals surface area contributed by atoms with Gasteiger partial charge in [0.1, 0.15) is 5.76 Å². The minimum absolute atomic E-state index is 0. The van der Waals surface area contributed by atoms with Gasteiger partial charge in [0.2, 0.25) is 0 Å². The molecule has 136 valence electrons. The Labute approximate surface area is 155 Å². The molecule has 2 N–H and O–H groups in total. The molecule has 0 saturated carbocycles. The molecule has 1 atom stereocenters. The summed E-state index contributed by atoms with van der Waals surface area (Å²) in [5.41, 5.74) is 1.77. The summed E-state index contributed by atoms with van der Waals surface area (Å²) in [5, 5.41) is 10.1. The minimum atomic E-state index is -0.169. The molecule has 0 radical (unpaired) electrons. The average molecular weight is 364 g/mol. The van der Waals surface area contributed by atoms with Crippen LogP contribution in [0.3, 0.4) is 0 Å². The lowest BCUT2D eigenvalue weighted by molar-refractivity contribution is 0.102. The van der Waals surface area contributed by atoms with Gasteiger partial charge < -0.3 is 15.2 Å². The molecule has 1 amide bonds. The first-order chi connectivity index (χ1) is 11.4. The lowest BCUT2D eigenvalue weighted by Crippen LogP contribution is -2.13. The van der Waals surface area contributed by atoms with Crippen LogP contribution in [0, 0.1) is 5.92 Å². The zero-order valence-electron chi connectivity index (χ0n) is 15.0. The molecule has 3 rings (SSSR count). The Morgan fingerprint density at radius 3 is 2.60 bits per heavy atom. The van der Waals surface area contributed by atoms with Crippen LogP contribution in [0.25, 0.3) is 0 Å². The Bertz CT molecular complexity index is 698. The number of halogens is 1. The molecule has 1 aromatic heterocycles. The number of hydrogen-bond donors (Lipinski definition) is 2. The molecule has 0 bridgehead atoms. The first kappa shape index (κ1) is 19.5. The van der Waals surface area contributed by atoms with Gasteiger partial charge in [0.05, 0.1) is 0 Å². The van der Waals surface area contributed by atoms with Crippen molar-refractivity contribution in [3.63, 3.8) is 0 Å². The largest absolute Gasteiger partial charge is 0.359 e. The highest BCUT2D eigenvalue weighted by Gasteiger charge is 2.20. The Morgan fingerprint density at radius 2 is 2.04 bits per heavy atom. The summed E-state index contributed by atoms with van der Waals surface area (Å²) in [4.78, 5) is 12.3. The Morgan fingerprint density at radius 1 is 1.32 bits per heavy atom. The second-order valence-electron chi connectivity index (χ2n) is 7.54. The van der Waals surface area contributed by atoms with Crippen molar-refractivity contribution in [2.45, 2.75) is 39.0 Å². The van der Waals surface area contributed by atoms with Gasteiger partial charge in [-0.1, -0.05) is 38.1 Å². The third-order valence-electron chi connectivity index (χ3n) is 4.39. The molecule has 2 heterocycles. The third-order valence-corrected chi connectivity index (χ3v) is 4.39. The molecule has 1 fully saturated rings. The van der Waals surface area contributed by atoms with Gasteiger partial charge >= 0.3 is 0 Å². The van der Waals surface area contributed by atoms with Crippen LogP contribution in [-0.4, -0.2) is 24.2 Å². The lowest BCUT2D eigenvalue weighted by atomic mass is 9.93. The smallest absolute Gasteiger partial charge is 0.256 e. The maximum atomic E-state index is 12.3. The van der Waals surface area contributed by atoms with E-state index in [9.17, 15) is 4.79 Å². The molecule has 1 unspecified atom stereocenters. The Kier molecular flexibility index (Phi) is 6.25. The molecule has 1 saturated heterocycles. The zero-order valence-corrected chi connectivity index (χ0v) is 15.8. The number of carbonyl (C=O) groups excluding carboxylic acids is 1. The number of carbonyl (C=O) groups is 1. The van der Waals surface area contributed by atoms with Gasteiger partial charge in [0.25, 0.3) is 5.91 Å². The fourth-order valence-corrected chi connectivity index (χ4v) is 2.89. The molecule has 5 nitrogen and oxygen atoms in total. The summed E-state index contributed by atoms with van der Waals surface area (Å²) in [5.74, 6) is 1.73. The second kappa shape index (κ2) is 8.02. The van der Waals surface area contributed by atoms with Gasteiger partial charge in [-0.25, -0.2) is 0 Å². The highest BCUT2D eigenvalue weighted by molar-refractivity contribution is 6.03. The molecular weight excluding hydrogens is 338 g/mol. The Balaban J connectivity index is 0.00000225. The molecule has 6 heteroatoms. The standard InChI is InChI=1S/C19H25N3O2.ClH/c1-19(2,3)16-11-17(22-24-16)21-18(23)15-6-4-13(5-7-15)10-14-8-9-20-12-14;/h4-7,11,14,20H,8-10,12H2,1-3H3,(H,21,22,23);1H. The number of hydrogen-bond acceptors (Lipinski definition) is 4. The van der Waals surface area contributed by atoms with Gasteiger partial charge in [-0.3, -0.25) is 4.79 Å². The molecule has 0 aliphatic carbocycles. The van der Waals surface area contributed by atoms with E-state index in [0.717, 1.165) is 25.3 Å². The van der Waals surface area contributed by atoms with Crippen molar-refractivity contribution >= 4 is 24.1 Å². The summed E-state index contributed by atoms with van der Waals surface area (Å²) in [7, 11) is 0. The van der Waals surface area contributed by atoms with E-state index in [2.05, 4.69) is 15.8 Å². The van der Waals surface area contributed by atoms with Gasteiger partial charge in [-0.2, -0.15) is 0 Å². The highest BCUT2D eigenvalue weighted by Crippen LogP contribution is 2.24. The minimum Gasteiger partial charge on any atom is -0.359 e. The van der Waals surface area contributed by atoms with Crippen LogP contribution < -0.4 is 10.6 Å². The van der Waals surface area contributed by atoms with Crippen molar-refractivity contribution in [3.05, 3.63) is 47.2 Å². The summed E-state index contributed by atoms with van der Waals surface area (Å²) in [6.45, 7) is 8.32. The number of anilines is 1. The van der Waals surface area contributed by atoms with E-state index >= 15 is 0 Å². The number of amides is 1. The summed E-state index contributed by atoms with van der Waals surface area (Å²) in [6.07, 6.45) is 2.29. The van der Waals surface area contributed by atoms with Gasteiger partial charge in [-0.15, -0.1) is 12.4 Å². The maximum Gasteiger partial charge on any atom is 0.256 e. The van der Waals surface area contributed by atoms with Crippen LogP contribution >= 0.6 is 12.4 Å². The lowest BCUT2D eigenvalue weighted by Gasteiger charge is -2.12. The molecule has 25 heavy (non-hydrogen) atoms. The fraction of sp³-hybridized carbons (Fsp3) is 0.474. The predicted octanol–water partition coefficient (Wildman–Crippen LogP) is 3.80. The quantitative estimate of drug-likeness (QED) is 0.867. The number of rotatable bonds is 4. The predicted molar refractivity (Wildman–Crippen MR) is 102 cm³/mol. The first-order valence-corrected chi connectivity index (χ1v) is 8.50. The van der Waals surface area contributed by atoms with E-state index in [1.54, 1.807) is 6.07 Å². The topological polar surface area (TPSA) is 67.2 Å². The van der Waals surface area contributed by atoms with Crippen molar-refractivity contribution in [3.8, 4) is 0 Å². The molecule has 1 aliphatic heterocycles. The third kappa shape index (κ3) is 5.06. The van der Waals surface area contributed by atoms with Crippen molar-refractivity contribution in [1.82, 2.24) is 10.5 Å². The summed E-state index contributed by atoms with van der Waals surface area (Å²) in [6, 6.07) is 9.60. The average Bonchev–Trinajstić information content (AvgIpc) is 3.19. The van der Waals surface area contributed by atoms with Crippen molar-refractivity contribution in [1.29, 1.82) is 0 Å². The van der Waals surface area contributed by atoms with Crippen LogP contribution in [0.1, 0.15) is 48.9 Å². The van der Waals surface area contributed by atoms with Crippen LogP contribution in [-0.2, 0) is 11.8 Å². The van der Waals surface area contributed by atoms with Crippen LogP contribution in [0.4, 0.5) is 5.82 Å². The van der Waals surface area contributed by atoms with E-state index in [4.69, 9.17) is 4.52 Å². The van der Waals surface area contributed by atoms with E-state index in [1.165, 1.54) is 12.0 Å². The maximum absolute atomic E-state index is 12.3. The van der Waals surface area contributed by atoms with Crippen LogP contribution in [0.5, 0.6) is 0 Å². The number of nitrogens with one attached hydrogen (secondary N) is 2. The second-order valence-corrected chi connectivity index (χ2v) is 7.54. The monoisotopic (exact) mass is 363 g/mol. The Hall–Kier alpha value is -1.85. The van der Waals surface area contributed by atoms with Crippen LogP contribution in [0.15, 0.2) is 34.9 Å². The van der Waals surface area contributed by atoms with Gasteiger partial charge in [-0.05, 0) is 49.5 Å².